The molecule has 0 aromatic rings. The Kier molecular flexibility index (Phi) is 7.92. The molecule has 0 aliphatic carbocycles. The molecule has 0 aromatic heterocycles. The number of carbonyl (C=O) groups excluding carboxylic acids is 1. The number of hydrogen-bond acceptors (Lipinski definition) is 3. The number of carbonyl (C=O) groups is 1. The number of nitrogens with one attached hydrogen (secondary N) is 2. The van der Waals surface area contributed by atoms with Crippen LogP contribution in [0.25, 0.3) is 0 Å². The van der Waals surface area contributed by atoms with Crippen molar-refractivity contribution in [2.45, 2.75) is 58.6 Å². The van der Waals surface area contributed by atoms with Gasteiger partial charge in [0.2, 0.25) is 0 Å². The zero-order chi connectivity index (χ0) is 15.0. The Morgan fingerprint density at radius 3 is 2.75 bits per heavy atom. The number of piperidine rings is 1. The maximum absolute atomic E-state index is 11.7. The number of amides is 2. The first-order valence-corrected chi connectivity index (χ1v) is 7.98. The van der Waals surface area contributed by atoms with E-state index >= 15 is 0 Å². The molecular weight excluding hydrogens is 254 g/mol. The predicted octanol–water partition coefficient (Wildman–Crippen LogP) is 1.57. The SMILES string of the molecule is CCN1CCCCC1CNC(=O)NCCC(O)C(C)C. The highest BCUT2D eigenvalue weighted by Gasteiger charge is 2.21. The lowest BCUT2D eigenvalue weighted by Gasteiger charge is -2.34. The van der Waals surface area contributed by atoms with E-state index in [0.717, 1.165) is 13.1 Å². The van der Waals surface area contributed by atoms with Gasteiger partial charge in [-0.05, 0) is 38.3 Å². The summed E-state index contributed by atoms with van der Waals surface area (Å²) in [5.41, 5.74) is 0. The van der Waals surface area contributed by atoms with E-state index in [9.17, 15) is 9.90 Å². The summed E-state index contributed by atoms with van der Waals surface area (Å²) < 4.78 is 0. The lowest BCUT2D eigenvalue weighted by atomic mass is 10.0. The second-order valence-corrected chi connectivity index (χ2v) is 6.02. The zero-order valence-electron chi connectivity index (χ0n) is 13.2. The van der Waals surface area contributed by atoms with E-state index in [2.05, 4.69) is 22.5 Å². The van der Waals surface area contributed by atoms with Gasteiger partial charge >= 0.3 is 6.03 Å². The normalized spacial score (nSPS) is 21.8. The van der Waals surface area contributed by atoms with Crippen molar-refractivity contribution in [2.75, 3.05) is 26.2 Å². The van der Waals surface area contributed by atoms with E-state index in [1.165, 1.54) is 19.3 Å². The molecule has 2 amide bonds. The van der Waals surface area contributed by atoms with Crippen molar-refractivity contribution >= 4 is 6.03 Å². The third kappa shape index (κ3) is 6.09. The zero-order valence-corrected chi connectivity index (χ0v) is 13.2. The molecule has 1 aliphatic rings. The Hall–Kier alpha value is -0.810. The highest BCUT2D eigenvalue weighted by Crippen LogP contribution is 2.15. The molecule has 2 atom stereocenters. The van der Waals surface area contributed by atoms with E-state index in [0.29, 0.717) is 25.6 Å². The largest absolute Gasteiger partial charge is 0.393 e. The van der Waals surface area contributed by atoms with Crippen molar-refractivity contribution in [1.82, 2.24) is 15.5 Å². The molecule has 0 saturated carbocycles. The van der Waals surface area contributed by atoms with Gasteiger partial charge < -0.3 is 15.7 Å². The molecule has 0 bridgehead atoms. The Bertz CT molecular complexity index is 284. The maximum Gasteiger partial charge on any atom is 0.314 e. The molecule has 0 aromatic carbocycles. The predicted molar refractivity (Wildman–Crippen MR) is 81.7 cm³/mol. The number of likely N-dealkylation sites (N-methyl/N-ethyl adjacent to an activating group) is 1. The van der Waals surface area contributed by atoms with Crippen molar-refractivity contribution in [3.05, 3.63) is 0 Å². The van der Waals surface area contributed by atoms with E-state index in [1.54, 1.807) is 0 Å². The number of aliphatic hydroxyl groups excluding tert-OH is 1. The van der Waals surface area contributed by atoms with Gasteiger partial charge in [0.25, 0.3) is 0 Å². The van der Waals surface area contributed by atoms with Crippen LogP contribution in [0.2, 0.25) is 0 Å². The monoisotopic (exact) mass is 285 g/mol. The molecule has 1 saturated heterocycles. The number of urea groups is 1. The van der Waals surface area contributed by atoms with Gasteiger partial charge in [0.1, 0.15) is 0 Å². The van der Waals surface area contributed by atoms with Crippen LogP contribution in [0.3, 0.4) is 0 Å². The lowest BCUT2D eigenvalue weighted by Crippen LogP contribution is -2.48. The van der Waals surface area contributed by atoms with Crippen molar-refractivity contribution in [3.8, 4) is 0 Å². The molecule has 1 aliphatic heterocycles. The number of hydrogen-bond donors (Lipinski definition) is 3. The Labute approximate surface area is 123 Å². The quantitative estimate of drug-likeness (QED) is 0.665. The van der Waals surface area contributed by atoms with Crippen LogP contribution in [0.5, 0.6) is 0 Å². The minimum Gasteiger partial charge on any atom is -0.393 e. The van der Waals surface area contributed by atoms with Crippen LogP contribution in [0.4, 0.5) is 4.79 Å². The van der Waals surface area contributed by atoms with E-state index < -0.39 is 0 Å². The fourth-order valence-corrected chi connectivity index (χ4v) is 2.65. The number of aliphatic hydroxyl groups is 1. The molecule has 1 fully saturated rings. The summed E-state index contributed by atoms with van der Waals surface area (Å²) in [4.78, 5) is 14.1. The first kappa shape index (κ1) is 17.2. The summed E-state index contributed by atoms with van der Waals surface area (Å²) in [5.74, 6) is 0.236. The minimum atomic E-state index is -0.343. The minimum absolute atomic E-state index is 0.123. The van der Waals surface area contributed by atoms with Gasteiger partial charge in [-0.1, -0.05) is 27.2 Å². The van der Waals surface area contributed by atoms with Gasteiger partial charge in [-0.15, -0.1) is 0 Å². The summed E-state index contributed by atoms with van der Waals surface area (Å²) in [7, 11) is 0. The molecule has 2 unspecified atom stereocenters. The van der Waals surface area contributed by atoms with Gasteiger partial charge in [0.15, 0.2) is 0 Å². The Morgan fingerprint density at radius 2 is 2.10 bits per heavy atom. The fourth-order valence-electron chi connectivity index (χ4n) is 2.65. The summed E-state index contributed by atoms with van der Waals surface area (Å²) >= 11 is 0. The van der Waals surface area contributed by atoms with Crippen molar-refractivity contribution in [2.24, 2.45) is 5.92 Å². The van der Waals surface area contributed by atoms with Crippen molar-refractivity contribution in [1.29, 1.82) is 0 Å². The van der Waals surface area contributed by atoms with Gasteiger partial charge in [-0.25, -0.2) is 4.79 Å². The standard InChI is InChI=1S/C15H31N3O2/c1-4-18-10-6-5-7-13(18)11-17-15(20)16-9-8-14(19)12(2)3/h12-14,19H,4-11H2,1-3H3,(H2,16,17,20). The van der Waals surface area contributed by atoms with E-state index in [1.807, 2.05) is 13.8 Å². The maximum atomic E-state index is 11.7. The summed E-state index contributed by atoms with van der Waals surface area (Å²) in [6.07, 6.45) is 3.95. The number of likely N-dealkylation sites (tertiary alicyclic amines) is 1. The molecule has 5 nitrogen and oxygen atoms in total. The van der Waals surface area contributed by atoms with Crippen LogP contribution in [-0.2, 0) is 0 Å². The first-order chi connectivity index (χ1) is 9.54. The van der Waals surface area contributed by atoms with Crippen LogP contribution in [-0.4, -0.2) is 54.4 Å². The van der Waals surface area contributed by atoms with Crippen LogP contribution in [0.15, 0.2) is 0 Å². The molecule has 1 rings (SSSR count). The van der Waals surface area contributed by atoms with Gasteiger partial charge in [-0.2, -0.15) is 0 Å². The summed E-state index contributed by atoms with van der Waals surface area (Å²) in [5, 5.41) is 15.4. The second kappa shape index (κ2) is 9.19. The van der Waals surface area contributed by atoms with Crippen LogP contribution in [0.1, 0.15) is 46.5 Å². The van der Waals surface area contributed by atoms with E-state index in [4.69, 9.17) is 0 Å². The molecule has 5 heteroatoms. The molecule has 0 spiro atoms. The average Bonchev–Trinajstić information content (AvgIpc) is 2.45. The Morgan fingerprint density at radius 1 is 1.35 bits per heavy atom. The highest BCUT2D eigenvalue weighted by atomic mass is 16.3. The van der Waals surface area contributed by atoms with Crippen molar-refractivity contribution in [3.63, 3.8) is 0 Å². The summed E-state index contributed by atoms with van der Waals surface area (Å²) in [6, 6.07) is 0.350. The molecule has 1 heterocycles. The highest BCUT2D eigenvalue weighted by molar-refractivity contribution is 5.73. The van der Waals surface area contributed by atoms with Gasteiger partial charge in [0, 0.05) is 19.1 Å². The van der Waals surface area contributed by atoms with E-state index in [-0.39, 0.29) is 18.1 Å². The van der Waals surface area contributed by atoms with Crippen molar-refractivity contribution < 1.29 is 9.90 Å². The Balaban J connectivity index is 2.16. The molecule has 0 radical (unpaired) electrons. The van der Waals surface area contributed by atoms with Gasteiger partial charge in [-0.3, -0.25) is 4.90 Å². The average molecular weight is 285 g/mol. The number of rotatable bonds is 7. The number of nitrogens with zero attached hydrogens (tertiary/aromatic N) is 1. The van der Waals surface area contributed by atoms with Gasteiger partial charge in [0.05, 0.1) is 6.10 Å². The topological polar surface area (TPSA) is 64.6 Å². The third-order valence-corrected chi connectivity index (χ3v) is 4.15. The summed E-state index contributed by atoms with van der Waals surface area (Å²) in [6.45, 7) is 9.56. The first-order valence-electron chi connectivity index (χ1n) is 7.98. The molecule has 3 N–H and O–H groups in total. The molecule has 118 valence electrons. The molecule has 20 heavy (non-hydrogen) atoms. The van der Waals surface area contributed by atoms with Crippen LogP contribution < -0.4 is 10.6 Å². The third-order valence-electron chi connectivity index (χ3n) is 4.15. The second-order valence-electron chi connectivity index (χ2n) is 6.02. The van der Waals surface area contributed by atoms with Crippen LogP contribution in [0, 0.1) is 5.92 Å². The molecular formula is C15H31N3O2. The fraction of sp³-hybridized carbons (Fsp3) is 0.933. The smallest absolute Gasteiger partial charge is 0.314 e. The lowest BCUT2D eigenvalue weighted by molar-refractivity contribution is 0.116. The van der Waals surface area contributed by atoms with Crippen LogP contribution >= 0.6 is 0 Å².